The molecule has 2 rings (SSSR count). The van der Waals surface area contributed by atoms with E-state index in [0.717, 1.165) is 54.2 Å². The van der Waals surface area contributed by atoms with Crippen molar-refractivity contribution in [3.63, 3.8) is 0 Å². The van der Waals surface area contributed by atoms with E-state index in [4.69, 9.17) is 4.74 Å². The van der Waals surface area contributed by atoms with E-state index in [1.165, 1.54) is 19.4 Å². The van der Waals surface area contributed by atoms with Gasteiger partial charge in [-0.1, -0.05) is 32.9 Å². The number of methoxy groups -OCH3 is 1. The highest BCUT2D eigenvalue weighted by Gasteiger charge is 2.15. The number of aromatic nitrogens is 1. The van der Waals surface area contributed by atoms with Crippen LogP contribution in [-0.4, -0.2) is 42.0 Å². The fourth-order valence-corrected chi connectivity index (χ4v) is 3.50. The zero-order chi connectivity index (χ0) is 19.1. The van der Waals surface area contributed by atoms with E-state index in [9.17, 15) is 4.79 Å². The lowest BCUT2D eigenvalue weighted by atomic mass is 10.1. The molecule has 0 aliphatic carbocycles. The minimum absolute atomic E-state index is 0.103. The number of fused-ring (bicyclic) bond motifs is 1. The summed E-state index contributed by atoms with van der Waals surface area (Å²) in [4.78, 5) is 14.6. The molecule has 0 amide bonds. The highest BCUT2D eigenvalue weighted by molar-refractivity contribution is 6.08. The van der Waals surface area contributed by atoms with Crippen LogP contribution in [0, 0.1) is 5.92 Å². The van der Waals surface area contributed by atoms with Gasteiger partial charge in [0.05, 0.1) is 12.6 Å². The van der Waals surface area contributed by atoms with Crippen LogP contribution < -0.4 is 4.74 Å². The maximum atomic E-state index is 12.0. The van der Waals surface area contributed by atoms with Gasteiger partial charge in [-0.15, -0.1) is 0 Å². The summed E-state index contributed by atoms with van der Waals surface area (Å²) in [7, 11) is 1.69. The van der Waals surface area contributed by atoms with E-state index in [0.29, 0.717) is 0 Å². The number of rotatable bonds is 11. The molecule has 0 radical (unpaired) electrons. The Morgan fingerprint density at radius 1 is 1.23 bits per heavy atom. The molecule has 26 heavy (non-hydrogen) atoms. The van der Waals surface area contributed by atoms with Gasteiger partial charge in [0.15, 0.2) is 5.78 Å². The molecule has 0 bridgehead atoms. The van der Waals surface area contributed by atoms with Crippen LogP contribution in [0.5, 0.6) is 5.75 Å². The Morgan fingerprint density at radius 2 is 2.00 bits per heavy atom. The largest absolute Gasteiger partial charge is 0.495 e. The molecule has 0 spiro atoms. The number of hydrogen-bond acceptors (Lipinski definition) is 3. The number of ether oxygens (including phenoxy) is 1. The molecule has 0 aliphatic heterocycles. The first-order valence-electron chi connectivity index (χ1n) is 9.87. The number of nitrogens with zero attached hydrogens (tertiary/aromatic N) is 2. The summed E-state index contributed by atoms with van der Waals surface area (Å²) < 4.78 is 7.74. The number of aryl methyl sites for hydroxylation is 1. The fourth-order valence-electron chi connectivity index (χ4n) is 3.50. The lowest BCUT2D eigenvalue weighted by molar-refractivity contribution is 0.101. The number of carbonyl (C=O) groups is 1. The van der Waals surface area contributed by atoms with Crippen LogP contribution >= 0.6 is 0 Å². The Morgan fingerprint density at radius 3 is 2.62 bits per heavy atom. The van der Waals surface area contributed by atoms with Gasteiger partial charge in [-0.05, 0) is 57.8 Å². The van der Waals surface area contributed by atoms with Crippen LogP contribution in [0.2, 0.25) is 0 Å². The quantitative estimate of drug-likeness (QED) is 0.530. The Kier molecular flexibility index (Phi) is 7.70. The van der Waals surface area contributed by atoms with Crippen LogP contribution in [-0.2, 0) is 6.54 Å². The molecule has 4 nitrogen and oxygen atoms in total. The average molecular weight is 359 g/mol. The maximum Gasteiger partial charge on any atom is 0.161 e. The third kappa shape index (κ3) is 5.10. The van der Waals surface area contributed by atoms with Gasteiger partial charge >= 0.3 is 0 Å². The fraction of sp³-hybridized carbons (Fsp3) is 0.591. The summed E-state index contributed by atoms with van der Waals surface area (Å²) in [5.41, 5.74) is 1.81. The molecule has 1 aromatic heterocycles. The summed E-state index contributed by atoms with van der Waals surface area (Å²) in [6.07, 6.45) is 5.49. The molecule has 0 unspecified atom stereocenters. The van der Waals surface area contributed by atoms with Gasteiger partial charge < -0.3 is 14.2 Å². The average Bonchev–Trinajstić information content (AvgIpc) is 2.98. The van der Waals surface area contributed by atoms with Crippen LogP contribution in [0.15, 0.2) is 24.4 Å². The van der Waals surface area contributed by atoms with Crippen molar-refractivity contribution in [1.82, 2.24) is 9.47 Å². The lowest BCUT2D eigenvalue weighted by Crippen LogP contribution is -2.28. The van der Waals surface area contributed by atoms with Crippen LogP contribution in [0.1, 0.15) is 57.3 Å². The molecule has 0 saturated carbocycles. The third-order valence-corrected chi connectivity index (χ3v) is 4.90. The van der Waals surface area contributed by atoms with Gasteiger partial charge in [0.2, 0.25) is 0 Å². The zero-order valence-corrected chi connectivity index (χ0v) is 17.0. The molecular weight excluding hydrogens is 324 g/mol. The van der Waals surface area contributed by atoms with Crippen LogP contribution in [0.3, 0.4) is 0 Å². The predicted molar refractivity (Wildman–Crippen MR) is 109 cm³/mol. The molecule has 1 aromatic carbocycles. The van der Waals surface area contributed by atoms with Gasteiger partial charge in [0, 0.05) is 23.7 Å². The van der Waals surface area contributed by atoms with Gasteiger partial charge in [-0.3, -0.25) is 4.79 Å². The first kappa shape index (κ1) is 20.5. The number of hydrogen-bond donors (Lipinski definition) is 0. The minimum atomic E-state index is 0.103. The molecule has 1 heterocycles. The Labute approximate surface area is 158 Å². The molecular formula is C22H34N2O2. The Bertz CT molecular complexity index is 718. The van der Waals surface area contributed by atoms with Crippen molar-refractivity contribution in [3.05, 3.63) is 30.0 Å². The first-order chi connectivity index (χ1) is 12.5. The summed E-state index contributed by atoms with van der Waals surface area (Å²) in [6.45, 7) is 12.7. The highest BCUT2D eigenvalue weighted by atomic mass is 16.5. The van der Waals surface area contributed by atoms with Gasteiger partial charge in [0.25, 0.3) is 0 Å². The summed E-state index contributed by atoms with van der Waals surface area (Å²) in [5.74, 6) is 1.68. The second-order valence-electron chi connectivity index (χ2n) is 7.53. The van der Waals surface area contributed by atoms with Gasteiger partial charge in [-0.25, -0.2) is 0 Å². The van der Waals surface area contributed by atoms with E-state index in [-0.39, 0.29) is 5.78 Å². The number of Topliss-reactive ketones (excluding diaryl/α,β-unsaturated/α-hetero) is 1. The predicted octanol–water partition coefficient (Wildman–Crippen LogP) is 5.00. The van der Waals surface area contributed by atoms with Crippen molar-refractivity contribution in [3.8, 4) is 5.75 Å². The van der Waals surface area contributed by atoms with E-state index in [1.54, 1.807) is 14.0 Å². The van der Waals surface area contributed by atoms with Crippen molar-refractivity contribution in [2.75, 3.05) is 26.7 Å². The van der Waals surface area contributed by atoms with Crippen molar-refractivity contribution in [1.29, 1.82) is 0 Å². The van der Waals surface area contributed by atoms with Crippen molar-refractivity contribution >= 4 is 16.7 Å². The molecule has 0 N–H and O–H groups in total. The van der Waals surface area contributed by atoms with E-state index in [2.05, 4.69) is 30.2 Å². The molecule has 0 fully saturated rings. The highest BCUT2D eigenvalue weighted by Crippen LogP contribution is 2.30. The maximum absolute atomic E-state index is 12.0. The summed E-state index contributed by atoms with van der Waals surface area (Å²) in [5, 5.41) is 0.988. The molecule has 0 saturated heterocycles. The van der Waals surface area contributed by atoms with Crippen molar-refractivity contribution < 1.29 is 9.53 Å². The molecule has 2 aromatic rings. The molecule has 0 atom stereocenters. The second kappa shape index (κ2) is 9.77. The van der Waals surface area contributed by atoms with E-state index in [1.807, 2.05) is 24.4 Å². The number of para-hydroxylation sites is 1. The van der Waals surface area contributed by atoms with Crippen LogP contribution in [0.25, 0.3) is 10.9 Å². The Balaban J connectivity index is 2.13. The molecule has 4 heteroatoms. The zero-order valence-electron chi connectivity index (χ0n) is 17.0. The van der Waals surface area contributed by atoms with Crippen LogP contribution in [0.4, 0.5) is 0 Å². The van der Waals surface area contributed by atoms with E-state index >= 15 is 0 Å². The minimum Gasteiger partial charge on any atom is -0.495 e. The smallest absolute Gasteiger partial charge is 0.161 e. The van der Waals surface area contributed by atoms with Gasteiger partial charge in [-0.2, -0.15) is 0 Å². The third-order valence-electron chi connectivity index (χ3n) is 4.90. The number of ketones is 1. The summed E-state index contributed by atoms with van der Waals surface area (Å²) >= 11 is 0. The SMILES string of the molecule is CCCN(CCCn1cc(C(C)=O)c2cccc(OC)c21)CCC(C)C. The van der Waals surface area contributed by atoms with Crippen molar-refractivity contribution in [2.24, 2.45) is 5.92 Å². The molecule has 0 aliphatic rings. The van der Waals surface area contributed by atoms with Crippen molar-refractivity contribution in [2.45, 2.75) is 53.5 Å². The first-order valence-corrected chi connectivity index (χ1v) is 9.87. The van der Waals surface area contributed by atoms with E-state index < -0.39 is 0 Å². The molecule has 144 valence electrons. The Hall–Kier alpha value is -1.81. The van der Waals surface area contributed by atoms with Gasteiger partial charge in [0.1, 0.15) is 5.75 Å². The normalized spacial score (nSPS) is 11.7. The summed E-state index contributed by atoms with van der Waals surface area (Å²) in [6, 6.07) is 5.93. The lowest BCUT2D eigenvalue weighted by Gasteiger charge is -2.22. The standard InChI is InChI=1S/C22H34N2O2/c1-6-12-23(15-11-17(2)3)13-8-14-24-16-20(18(4)25)19-9-7-10-21(26-5)22(19)24/h7,9-10,16-17H,6,8,11-15H2,1-5H3. The topological polar surface area (TPSA) is 34.5 Å². The second-order valence-corrected chi connectivity index (χ2v) is 7.53. The monoisotopic (exact) mass is 358 g/mol. The number of carbonyl (C=O) groups excluding carboxylic acids is 1. The number of benzene rings is 1.